The number of aryl methyl sites for hydroxylation is 1. The number of rotatable bonds is 4. The predicted octanol–water partition coefficient (Wildman–Crippen LogP) is 4.09. The van der Waals surface area contributed by atoms with Gasteiger partial charge >= 0.3 is 0 Å². The molecule has 0 aliphatic carbocycles. The van der Waals surface area contributed by atoms with E-state index in [0.29, 0.717) is 15.8 Å². The third kappa shape index (κ3) is 6.08. The highest BCUT2D eigenvalue weighted by Gasteiger charge is 2.16. The highest BCUT2D eigenvalue weighted by molar-refractivity contribution is 7.80. The summed E-state index contributed by atoms with van der Waals surface area (Å²) >= 11 is 17.0. The van der Waals surface area contributed by atoms with E-state index in [1.54, 1.807) is 25.1 Å². The molecular weight excluding hydrogens is 381 g/mol. The molecule has 1 amide bonds. The van der Waals surface area contributed by atoms with E-state index in [1.807, 2.05) is 31.2 Å². The van der Waals surface area contributed by atoms with Gasteiger partial charge in [0.1, 0.15) is 5.75 Å². The molecule has 0 unspecified atom stereocenters. The second-order valence-corrected chi connectivity index (χ2v) is 6.52. The summed E-state index contributed by atoms with van der Waals surface area (Å²) in [5, 5.41) is 4.04. The number of hydrogen-bond donors (Lipinski definition) is 3. The Bertz CT molecular complexity index is 769. The minimum absolute atomic E-state index is 0.258. The molecule has 0 saturated heterocycles. The van der Waals surface area contributed by atoms with E-state index in [4.69, 9.17) is 40.2 Å². The number of carbonyl (C=O) groups is 1. The van der Waals surface area contributed by atoms with Crippen LogP contribution in [-0.4, -0.2) is 17.1 Å². The Morgan fingerprint density at radius 3 is 2.44 bits per heavy atom. The number of hydrogen-bond acceptors (Lipinski definition) is 3. The molecule has 0 aliphatic heterocycles. The van der Waals surface area contributed by atoms with E-state index in [1.165, 1.54) is 0 Å². The number of ether oxygens (including phenoxy) is 1. The Balaban J connectivity index is 1.82. The third-order valence-corrected chi connectivity index (χ3v) is 3.91. The van der Waals surface area contributed by atoms with E-state index in [2.05, 4.69) is 16.2 Å². The number of benzene rings is 2. The largest absolute Gasteiger partial charge is 0.479 e. The topological polar surface area (TPSA) is 62.4 Å². The number of thiocarbonyl (C=S) groups is 1. The van der Waals surface area contributed by atoms with Crippen molar-refractivity contribution >= 4 is 52.1 Å². The first-order chi connectivity index (χ1) is 11.8. The summed E-state index contributed by atoms with van der Waals surface area (Å²) in [6, 6.07) is 12.5. The maximum atomic E-state index is 12.1. The quantitative estimate of drug-likeness (QED) is 0.535. The zero-order valence-corrected chi connectivity index (χ0v) is 15.9. The number of hydrazine groups is 1. The van der Waals surface area contributed by atoms with Gasteiger partial charge in [-0.05, 0) is 56.4 Å². The lowest BCUT2D eigenvalue weighted by molar-refractivity contribution is -0.127. The smallest absolute Gasteiger partial charge is 0.279 e. The monoisotopic (exact) mass is 397 g/mol. The minimum atomic E-state index is -0.784. The van der Waals surface area contributed by atoms with Crippen LogP contribution in [0.25, 0.3) is 0 Å². The molecule has 0 fully saturated rings. The maximum absolute atomic E-state index is 12.1. The van der Waals surface area contributed by atoms with Crippen LogP contribution in [0, 0.1) is 6.92 Å². The van der Waals surface area contributed by atoms with Crippen LogP contribution < -0.4 is 20.9 Å². The average Bonchev–Trinajstić information content (AvgIpc) is 2.57. The molecule has 25 heavy (non-hydrogen) atoms. The van der Waals surface area contributed by atoms with Gasteiger partial charge in [0.05, 0.1) is 5.02 Å². The molecule has 5 nitrogen and oxygen atoms in total. The van der Waals surface area contributed by atoms with Gasteiger partial charge in [0.15, 0.2) is 11.2 Å². The van der Waals surface area contributed by atoms with Crippen LogP contribution >= 0.6 is 35.4 Å². The highest BCUT2D eigenvalue weighted by Crippen LogP contribution is 2.28. The fourth-order valence-electron chi connectivity index (χ4n) is 1.83. The van der Waals surface area contributed by atoms with Gasteiger partial charge in [-0.3, -0.25) is 15.6 Å². The summed E-state index contributed by atoms with van der Waals surface area (Å²) in [6.45, 7) is 3.59. The normalized spacial score (nSPS) is 11.4. The molecule has 0 radical (unpaired) electrons. The van der Waals surface area contributed by atoms with Gasteiger partial charge in [-0.1, -0.05) is 40.9 Å². The molecular formula is C17H17Cl2N3O2S. The molecule has 0 spiro atoms. The highest BCUT2D eigenvalue weighted by atomic mass is 35.5. The number of nitrogens with one attached hydrogen (secondary N) is 3. The summed E-state index contributed by atoms with van der Waals surface area (Å²) in [7, 11) is 0. The lowest BCUT2D eigenvalue weighted by atomic mass is 10.2. The van der Waals surface area contributed by atoms with Crippen molar-refractivity contribution in [3.8, 4) is 5.75 Å². The van der Waals surface area contributed by atoms with Crippen LogP contribution in [0.1, 0.15) is 12.5 Å². The van der Waals surface area contributed by atoms with Crippen LogP contribution in [0.2, 0.25) is 10.0 Å². The maximum Gasteiger partial charge on any atom is 0.279 e. The van der Waals surface area contributed by atoms with Crippen LogP contribution in [0.4, 0.5) is 5.69 Å². The van der Waals surface area contributed by atoms with E-state index in [-0.39, 0.29) is 5.11 Å². The first kappa shape index (κ1) is 19.3. The second kappa shape index (κ2) is 8.89. The molecule has 3 N–H and O–H groups in total. The molecule has 0 aliphatic rings. The molecule has 132 valence electrons. The van der Waals surface area contributed by atoms with Crippen molar-refractivity contribution in [1.29, 1.82) is 0 Å². The Morgan fingerprint density at radius 1 is 1.12 bits per heavy atom. The van der Waals surface area contributed by atoms with Crippen molar-refractivity contribution in [1.82, 2.24) is 10.9 Å². The van der Waals surface area contributed by atoms with Crippen LogP contribution in [0.15, 0.2) is 42.5 Å². The molecule has 2 aromatic carbocycles. The van der Waals surface area contributed by atoms with Gasteiger partial charge in [0.2, 0.25) is 0 Å². The molecule has 2 rings (SSSR count). The zero-order chi connectivity index (χ0) is 18.4. The van der Waals surface area contributed by atoms with Crippen molar-refractivity contribution in [3.05, 3.63) is 58.1 Å². The second-order valence-electron chi connectivity index (χ2n) is 5.27. The Hall–Kier alpha value is -2.02. The third-order valence-electron chi connectivity index (χ3n) is 3.18. The van der Waals surface area contributed by atoms with Crippen LogP contribution in [0.3, 0.4) is 0 Å². The lowest BCUT2D eigenvalue weighted by Crippen LogP contribution is -2.48. The van der Waals surface area contributed by atoms with Crippen molar-refractivity contribution < 1.29 is 9.53 Å². The average molecular weight is 398 g/mol. The summed E-state index contributed by atoms with van der Waals surface area (Å²) in [5.74, 6) is -0.0341. The lowest BCUT2D eigenvalue weighted by Gasteiger charge is -2.17. The van der Waals surface area contributed by atoms with Crippen LogP contribution in [-0.2, 0) is 4.79 Å². The van der Waals surface area contributed by atoms with Crippen molar-refractivity contribution in [2.24, 2.45) is 0 Å². The number of amides is 1. The molecule has 1 atom stereocenters. The SMILES string of the molecule is Cc1ccc(NC(=S)NNC(=O)[C@H](C)Oc2ccc(Cl)cc2Cl)cc1. The molecule has 0 bridgehead atoms. The number of anilines is 1. The summed E-state index contributed by atoms with van der Waals surface area (Å²) in [4.78, 5) is 12.1. The number of halogens is 2. The Kier molecular flexibility index (Phi) is 6.87. The van der Waals surface area contributed by atoms with Gasteiger partial charge in [0, 0.05) is 10.7 Å². The fraction of sp³-hybridized carbons (Fsp3) is 0.176. The van der Waals surface area contributed by atoms with Gasteiger partial charge in [-0.15, -0.1) is 0 Å². The molecule has 2 aromatic rings. The van der Waals surface area contributed by atoms with E-state index >= 15 is 0 Å². The standard InChI is InChI=1S/C17H17Cl2N3O2S/c1-10-3-6-13(7-4-10)20-17(25)22-21-16(23)11(2)24-15-8-5-12(18)9-14(15)19/h3-9,11H,1-2H3,(H,21,23)(H2,20,22,25)/t11-/m0/s1. The van der Waals surface area contributed by atoms with E-state index < -0.39 is 12.0 Å². The first-order valence-corrected chi connectivity index (χ1v) is 8.57. The minimum Gasteiger partial charge on any atom is -0.479 e. The molecule has 0 saturated carbocycles. The molecule has 0 heterocycles. The predicted molar refractivity (Wildman–Crippen MR) is 105 cm³/mol. The van der Waals surface area contributed by atoms with E-state index in [9.17, 15) is 4.79 Å². The van der Waals surface area contributed by atoms with Gasteiger partial charge in [-0.2, -0.15) is 0 Å². The van der Waals surface area contributed by atoms with Gasteiger partial charge in [0.25, 0.3) is 5.91 Å². The van der Waals surface area contributed by atoms with Gasteiger partial charge < -0.3 is 10.1 Å². The van der Waals surface area contributed by atoms with Crippen molar-refractivity contribution in [2.75, 3.05) is 5.32 Å². The summed E-state index contributed by atoms with van der Waals surface area (Å²) in [6.07, 6.45) is -0.784. The Morgan fingerprint density at radius 2 is 1.80 bits per heavy atom. The number of carbonyl (C=O) groups excluding carboxylic acids is 1. The zero-order valence-electron chi connectivity index (χ0n) is 13.6. The summed E-state index contributed by atoms with van der Waals surface area (Å²) < 4.78 is 5.52. The summed E-state index contributed by atoms with van der Waals surface area (Å²) in [5.41, 5.74) is 7.06. The molecule has 0 aromatic heterocycles. The van der Waals surface area contributed by atoms with Gasteiger partial charge in [-0.25, -0.2) is 0 Å². The Labute approximate surface area is 161 Å². The molecule has 8 heteroatoms. The first-order valence-electron chi connectivity index (χ1n) is 7.40. The van der Waals surface area contributed by atoms with Crippen molar-refractivity contribution in [2.45, 2.75) is 20.0 Å². The fourth-order valence-corrected chi connectivity index (χ4v) is 2.46. The van der Waals surface area contributed by atoms with Crippen LogP contribution in [0.5, 0.6) is 5.75 Å². The van der Waals surface area contributed by atoms with E-state index in [0.717, 1.165) is 11.3 Å². The van der Waals surface area contributed by atoms with Crippen molar-refractivity contribution in [3.63, 3.8) is 0 Å².